The van der Waals surface area contributed by atoms with E-state index in [2.05, 4.69) is 25.0 Å². The third kappa shape index (κ3) is 3.67. The lowest BCUT2D eigenvalue weighted by molar-refractivity contribution is -0.124. The first-order valence-electron chi connectivity index (χ1n) is 8.51. The normalized spacial score (nSPS) is 16.7. The molecule has 7 nitrogen and oxygen atoms in total. The van der Waals surface area contributed by atoms with Gasteiger partial charge in [0.05, 0.1) is 18.8 Å². The van der Waals surface area contributed by atoms with Crippen LogP contribution in [0.4, 0.5) is 0 Å². The summed E-state index contributed by atoms with van der Waals surface area (Å²) in [5.41, 5.74) is 0. The molecule has 1 aliphatic heterocycles. The number of carbonyl (C=O) groups excluding carboxylic acids is 1. The standard InChI is InChI=1S/C17H25N5O2/c1-12(2)17(23)18-13(3)16-20-19-15-6-7-21(8-9-22(15)16)11-14-5-4-10-24-14/h4-5,10,12-13H,6-9,11H2,1-3H3,(H,18,23). The van der Waals surface area contributed by atoms with Crippen molar-refractivity contribution in [1.29, 1.82) is 0 Å². The first-order valence-corrected chi connectivity index (χ1v) is 8.51. The average Bonchev–Trinajstić information content (AvgIpc) is 3.15. The van der Waals surface area contributed by atoms with Crippen molar-refractivity contribution >= 4 is 5.91 Å². The van der Waals surface area contributed by atoms with Crippen LogP contribution < -0.4 is 5.32 Å². The molecule has 3 heterocycles. The maximum absolute atomic E-state index is 11.9. The zero-order valence-corrected chi connectivity index (χ0v) is 14.5. The number of amides is 1. The monoisotopic (exact) mass is 331 g/mol. The Morgan fingerprint density at radius 3 is 2.83 bits per heavy atom. The Kier molecular flexibility index (Phi) is 4.99. The van der Waals surface area contributed by atoms with E-state index in [1.54, 1.807) is 6.26 Å². The number of nitrogens with one attached hydrogen (secondary N) is 1. The van der Waals surface area contributed by atoms with Gasteiger partial charge in [0.1, 0.15) is 11.6 Å². The molecule has 24 heavy (non-hydrogen) atoms. The minimum atomic E-state index is -0.141. The predicted molar refractivity (Wildman–Crippen MR) is 89.1 cm³/mol. The van der Waals surface area contributed by atoms with Crippen molar-refractivity contribution in [2.24, 2.45) is 5.92 Å². The van der Waals surface area contributed by atoms with E-state index in [-0.39, 0.29) is 17.9 Å². The minimum absolute atomic E-state index is 0.0351. The molecule has 1 atom stereocenters. The van der Waals surface area contributed by atoms with Crippen LogP contribution in [0.1, 0.15) is 44.2 Å². The van der Waals surface area contributed by atoms with Crippen molar-refractivity contribution in [2.75, 3.05) is 13.1 Å². The van der Waals surface area contributed by atoms with Gasteiger partial charge in [-0.15, -0.1) is 10.2 Å². The van der Waals surface area contributed by atoms with Crippen molar-refractivity contribution in [3.63, 3.8) is 0 Å². The van der Waals surface area contributed by atoms with Crippen LogP contribution in [0.25, 0.3) is 0 Å². The highest BCUT2D eigenvalue weighted by atomic mass is 16.3. The minimum Gasteiger partial charge on any atom is -0.468 e. The highest BCUT2D eigenvalue weighted by Crippen LogP contribution is 2.17. The molecule has 0 aliphatic carbocycles. The highest BCUT2D eigenvalue weighted by Gasteiger charge is 2.23. The third-order valence-corrected chi connectivity index (χ3v) is 4.38. The average molecular weight is 331 g/mol. The van der Waals surface area contributed by atoms with Crippen LogP contribution in [-0.2, 0) is 24.3 Å². The van der Waals surface area contributed by atoms with E-state index in [1.165, 1.54) is 0 Å². The molecule has 1 N–H and O–H groups in total. The van der Waals surface area contributed by atoms with Crippen molar-refractivity contribution < 1.29 is 9.21 Å². The van der Waals surface area contributed by atoms with E-state index < -0.39 is 0 Å². The summed E-state index contributed by atoms with van der Waals surface area (Å²) in [7, 11) is 0. The zero-order valence-electron chi connectivity index (χ0n) is 14.5. The van der Waals surface area contributed by atoms with Gasteiger partial charge in [-0.3, -0.25) is 9.69 Å². The summed E-state index contributed by atoms with van der Waals surface area (Å²) >= 11 is 0. The molecule has 1 aliphatic rings. The Bertz CT molecular complexity index is 677. The van der Waals surface area contributed by atoms with E-state index in [0.29, 0.717) is 0 Å². The van der Waals surface area contributed by atoms with Crippen LogP contribution in [0.3, 0.4) is 0 Å². The number of aromatic nitrogens is 3. The SMILES string of the molecule is CC(C)C(=O)NC(C)c1nnc2n1CCN(Cc1ccco1)CC2. The Labute approximate surface area is 142 Å². The molecule has 0 saturated carbocycles. The Morgan fingerprint density at radius 1 is 1.29 bits per heavy atom. The van der Waals surface area contributed by atoms with Crippen LogP contribution in [-0.4, -0.2) is 38.7 Å². The molecule has 0 fully saturated rings. The lowest BCUT2D eigenvalue weighted by Crippen LogP contribution is -2.32. The lowest BCUT2D eigenvalue weighted by atomic mass is 10.2. The largest absolute Gasteiger partial charge is 0.468 e. The molecule has 2 aromatic rings. The van der Waals surface area contributed by atoms with Crippen molar-refractivity contribution in [2.45, 2.75) is 46.3 Å². The fraction of sp³-hybridized carbons (Fsp3) is 0.588. The van der Waals surface area contributed by atoms with Gasteiger partial charge in [-0.1, -0.05) is 13.8 Å². The van der Waals surface area contributed by atoms with Gasteiger partial charge in [-0.2, -0.15) is 0 Å². The molecule has 0 bridgehead atoms. The Morgan fingerprint density at radius 2 is 2.12 bits per heavy atom. The van der Waals surface area contributed by atoms with E-state index in [4.69, 9.17) is 4.42 Å². The van der Waals surface area contributed by atoms with Gasteiger partial charge >= 0.3 is 0 Å². The third-order valence-electron chi connectivity index (χ3n) is 4.38. The molecule has 1 unspecified atom stereocenters. The number of carbonyl (C=O) groups is 1. The molecule has 0 spiro atoms. The zero-order chi connectivity index (χ0) is 17.1. The Balaban J connectivity index is 1.66. The quantitative estimate of drug-likeness (QED) is 0.903. The fourth-order valence-electron chi connectivity index (χ4n) is 2.94. The first-order chi connectivity index (χ1) is 11.5. The Hall–Kier alpha value is -2.15. The molecule has 130 valence electrons. The van der Waals surface area contributed by atoms with Gasteiger partial charge < -0.3 is 14.3 Å². The van der Waals surface area contributed by atoms with Crippen LogP contribution in [0.5, 0.6) is 0 Å². The van der Waals surface area contributed by atoms with Crippen LogP contribution >= 0.6 is 0 Å². The van der Waals surface area contributed by atoms with Crippen LogP contribution in [0, 0.1) is 5.92 Å². The number of hydrogen-bond acceptors (Lipinski definition) is 5. The summed E-state index contributed by atoms with van der Waals surface area (Å²) in [6.07, 6.45) is 2.55. The van der Waals surface area contributed by atoms with Crippen molar-refractivity contribution in [3.05, 3.63) is 35.8 Å². The second-order valence-corrected chi connectivity index (χ2v) is 6.62. The maximum Gasteiger partial charge on any atom is 0.223 e. The summed E-state index contributed by atoms with van der Waals surface area (Å²) in [6.45, 7) is 9.19. The predicted octanol–water partition coefficient (Wildman–Crippen LogP) is 1.76. The van der Waals surface area contributed by atoms with Gasteiger partial charge in [0.2, 0.25) is 5.91 Å². The van der Waals surface area contributed by atoms with Gasteiger partial charge in [0, 0.05) is 32.0 Å². The molecular formula is C17H25N5O2. The fourth-order valence-corrected chi connectivity index (χ4v) is 2.94. The molecule has 0 aromatic carbocycles. The molecular weight excluding hydrogens is 306 g/mol. The van der Waals surface area contributed by atoms with E-state index in [9.17, 15) is 4.79 Å². The first kappa shape index (κ1) is 16.7. The van der Waals surface area contributed by atoms with E-state index in [0.717, 1.165) is 50.0 Å². The molecule has 7 heteroatoms. The summed E-state index contributed by atoms with van der Waals surface area (Å²) < 4.78 is 7.59. The van der Waals surface area contributed by atoms with Crippen molar-refractivity contribution in [1.82, 2.24) is 25.0 Å². The van der Waals surface area contributed by atoms with Gasteiger partial charge in [-0.25, -0.2) is 0 Å². The molecule has 0 saturated heterocycles. The summed E-state index contributed by atoms with van der Waals surface area (Å²) in [5, 5.41) is 11.7. The number of furan rings is 1. The van der Waals surface area contributed by atoms with Crippen molar-refractivity contribution in [3.8, 4) is 0 Å². The van der Waals surface area contributed by atoms with Gasteiger partial charge in [0.15, 0.2) is 5.82 Å². The summed E-state index contributed by atoms with van der Waals surface area (Å²) in [4.78, 5) is 14.3. The van der Waals surface area contributed by atoms with Gasteiger partial charge in [-0.05, 0) is 19.1 Å². The molecule has 3 rings (SSSR count). The van der Waals surface area contributed by atoms with E-state index in [1.807, 2.05) is 32.9 Å². The van der Waals surface area contributed by atoms with Crippen LogP contribution in [0.2, 0.25) is 0 Å². The second-order valence-electron chi connectivity index (χ2n) is 6.62. The number of rotatable bonds is 5. The summed E-state index contributed by atoms with van der Waals surface area (Å²) in [5.74, 6) is 2.79. The lowest BCUT2D eigenvalue weighted by Gasteiger charge is -2.19. The van der Waals surface area contributed by atoms with E-state index >= 15 is 0 Å². The topological polar surface area (TPSA) is 76.2 Å². The number of hydrogen-bond donors (Lipinski definition) is 1. The number of fused-ring (bicyclic) bond motifs is 1. The number of nitrogens with zero attached hydrogens (tertiary/aromatic N) is 4. The molecule has 2 aromatic heterocycles. The molecule has 0 radical (unpaired) electrons. The maximum atomic E-state index is 11.9. The summed E-state index contributed by atoms with van der Waals surface area (Å²) in [6, 6.07) is 3.77. The smallest absolute Gasteiger partial charge is 0.223 e. The highest BCUT2D eigenvalue weighted by molar-refractivity contribution is 5.78. The second kappa shape index (κ2) is 7.17. The van der Waals surface area contributed by atoms with Gasteiger partial charge in [0.25, 0.3) is 0 Å². The molecule has 1 amide bonds. The van der Waals surface area contributed by atoms with Crippen LogP contribution in [0.15, 0.2) is 22.8 Å².